The second kappa shape index (κ2) is 7.47. The van der Waals surface area contributed by atoms with Crippen LogP contribution in [0.1, 0.15) is 28.7 Å². The van der Waals surface area contributed by atoms with Crippen LogP contribution >= 0.6 is 0 Å². The van der Waals surface area contributed by atoms with E-state index in [4.69, 9.17) is 5.26 Å². The third-order valence-electron chi connectivity index (χ3n) is 5.54. The van der Waals surface area contributed by atoms with Gasteiger partial charge < -0.3 is 15.2 Å². The third-order valence-corrected chi connectivity index (χ3v) is 5.54. The minimum atomic E-state index is -1.22. The number of aliphatic carboxylic acids is 1. The maximum Gasteiger partial charge on any atom is 1.00 e. The van der Waals surface area contributed by atoms with E-state index in [1.807, 2.05) is 18.2 Å². The van der Waals surface area contributed by atoms with Gasteiger partial charge in [-0.2, -0.15) is 5.26 Å². The van der Waals surface area contributed by atoms with Gasteiger partial charge in [-0.3, -0.25) is 4.79 Å². The van der Waals surface area contributed by atoms with E-state index in [0.717, 1.165) is 11.1 Å². The summed E-state index contributed by atoms with van der Waals surface area (Å²) in [5.74, 6) is -2.04. The summed E-state index contributed by atoms with van der Waals surface area (Å²) in [7, 11) is 0. The molecule has 0 bridgehead atoms. The number of rotatable bonds is 4. The first-order chi connectivity index (χ1) is 12.5. The minimum absolute atomic E-state index is 0. The quantitative estimate of drug-likeness (QED) is 0.623. The normalized spacial score (nSPS) is 24.9. The Hall–Kier alpha value is -2.13. The van der Waals surface area contributed by atoms with Gasteiger partial charge in [-0.05, 0) is 48.1 Å². The average molecular weight is 368 g/mol. The van der Waals surface area contributed by atoms with Crippen LogP contribution in [-0.4, -0.2) is 17.9 Å². The monoisotopic (exact) mass is 368 g/mol. The van der Waals surface area contributed by atoms with Crippen molar-refractivity contribution in [2.45, 2.75) is 30.7 Å². The van der Waals surface area contributed by atoms with Gasteiger partial charge in [0.1, 0.15) is 0 Å². The molecule has 27 heavy (non-hydrogen) atoms. The molecule has 5 nitrogen and oxygen atoms in total. The number of hydrogen-bond acceptors (Lipinski definition) is 4. The van der Waals surface area contributed by atoms with Crippen molar-refractivity contribution >= 4 is 11.9 Å². The van der Waals surface area contributed by atoms with Gasteiger partial charge >= 0.3 is 29.6 Å². The molecule has 1 unspecified atom stereocenters. The van der Waals surface area contributed by atoms with E-state index < -0.39 is 17.3 Å². The van der Waals surface area contributed by atoms with Gasteiger partial charge in [0.2, 0.25) is 5.91 Å². The zero-order chi connectivity index (χ0) is 18.3. The van der Waals surface area contributed by atoms with Crippen LogP contribution in [0, 0.1) is 17.2 Å². The summed E-state index contributed by atoms with van der Waals surface area (Å²) in [6.07, 6.45) is 1.62. The molecule has 1 amide bonds. The van der Waals surface area contributed by atoms with Crippen LogP contribution in [0.5, 0.6) is 0 Å². The van der Waals surface area contributed by atoms with Gasteiger partial charge in [-0.1, -0.05) is 36.4 Å². The van der Waals surface area contributed by atoms with Crippen molar-refractivity contribution in [3.05, 3.63) is 70.8 Å². The fourth-order valence-electron chi connectivity index (χ4n) is 4.07. The Morgan fingerprint density at radius 3 is 2.48 bits per heavy atom. The summed E-state index contributed by atoms with van der Waals surface area (Å²) < 4.78 is 0. The number of fused-ring (bicyclic) bond motifs is 1. The zero-order valence-electron chi connectivity index (χ0n) is 15.1. The number of carboxylic acids is 1. The van der Waals surface area contributed by atoms with Gasteiger partial charge in [-0.15, -0.1) is 0 Å². The standard InChI is InChI=1S/C21H18N2O3.Na/c22-12-13-6-7-14-9-17(10-15(14)8-13)23-19(24)18-11-21(18,20(25)26)16-4-2-1-3-5-16;/h1-8,17-18H,9-11H2,(H,23,24)(H,25,26);/q;+1/p-1/t17?,18-,21+;/m1./s1. The number of nitrogens with zero attached hydrogens (tertiary/aromatic N) is 1. The first kappa shape index (κ1) is 19.6. The summed E-state index contributed by atoms with van der Waals surface area (Å²) in [5.41, 5.74) is 2.20. The van der Waals surface area contributed by atoms with E-state index in [1.54, 1.807) is 30.3 Å². The van der Waals surface area contributed by atoms with Crippen LogP contribution < -0.4 is 40.0 Å². The molecule has 0 heterocycles. The summed E-state index contributed by atoms with van der Waals surface area (Å²) in [6, 6.07) is 16.4. The molecule has 130 valence electrons. The molecule has 2 aromatic carbocycles. The average Bonchev–Trinajstić information content (AvgIpc) is 3.30. The Morgan fingerprint density at radius 1 is 1.11 bits per heavy atom. The number of benzene rings is 2. The SMILES string of the molecule is N#Cc1ccc2c(c1)CC(NC(=O)[C@H]1C[C@]1(C(=O)[O-])c1ccccc1)C2.[Na+]. The van der Waals surface area contributed by atoms with E-state index in [2.05, 4.69) is 11.4 Å². The molecular weight excluding hydrogens is 351 g/mol. The predicted molar refractivity (Wildman–Crippen MR) is 91.7 cm³/mol. The van der Waals surface area contributed by atoms with E-state index in [1.165, 1.54) is 0 Å². The number of hydrogen-bond donors (Lipinski definition) is 1. The molecule has 2 aromatic rings. The van der Waals surface area contributed by atoms with Crippen molar-refractivity contribution in [3.8, 4) is 6.07 Å². The van der Waals surface area contributed by atoms with Gasteiger partial charge in [0.15, 0.2) is 0 Å². The minimum Gasteiger partial charge on any atom is -0.549 e. The molecule has 0 aliphatic heterocycles. The molecule has 1 N–H and O–H groups in total. The molecule has 3 atom stereocenters. The van der Waals surface area contributed by atoms with Gasteiger partial charge in [0.05, 0.1) is 23.5 Å². The molecular formula is C21H17N2NaO3. The number of carboxylic acid groups (broad SMARTS) is 1. The van der Waals surface area contributed by atoms with E-state index in [-0.39, 0.29) is 47.9 Å². The molecule has 2 aliphatic rings. The fourth-order valence-corrected chi connectivity index (χ4v) is 4.07. The van der Waals surface area contributed by atoms with Crippen molar-refractivity contribution in [2.75, 3.05) is 0 Å². The summed E-state index contributed by atoms with van der Waals surface area (Å²) in [5, 5.41) is 23.8. The Bertz CT molecular complexity index is 938. The predicted octanol–water partition coefficient (Wildman–Crippen LogP) is -2.15. The van der Waals surface area contributed by atoms with Crippen LogP contribution in [0.15, 0.2) is 48.5 Å². The molecule has 0 aromatic heterocycles. The third kappa shape index (κ3) is 3.41. The van der Waals surface area contributed by atoms with E-state index >= 15 is 0 Å². The second-order valence-corrected chi connectivity index (χ2v) is 7.09. The summed E-state index contributed by atoms with van der Waals surface area (Å²) in [6.45, 7) is 0. The van der Waals surface area contributed by atoms with Crippen LogP contribution in [0.4, 0.5) is 0 Å². The maximum atomic E-state index is 12.7. The number of carbonyl (C=O) groups is 2. The molecule has 0 radical (unpaired) electrons. The first-order valence-corrected chi connectivity index (χ1v) is 8.64. The van der Waals surface area contributed by atoms with Gasteiger partial charge in [0, 0.05) is 11.5 Å². The van der Waals surface area contributed by atoms with Gasteiger partial charge in [-0.25, -0.2) is 0 Å². The van der Waals surface area contributed by atoms with Crippen LogP contribution in [0.25, 0.3) is 0 Å². The molecule has 1 saturated carbocycles. The smallest absolute Gasteiger partial charge is 0.549 e. The Kier molecular flexibility index (Phi) is 5.43. The van der Waals surface area contributed by atoms with E-state index in [0.29, 0.717) is 24.0 Å². The Labute approximate surface area is 179 Å². The number of amides is 1. The number of nitriles is 1. The van der Waals surface area contributed by atoms with Crippen LogP contribution in [0.2, 0.25) is 0 Å². The molecule has 6 heteroatoms. The molecule has 2 aliphatic carbocycles. The summed E-state index contributed by atoms with van der Waals surface area (Å²) in [4.78, 5) is 24.4. The van der Waals surface area contributed by atoms with Crippen molar-refractivity contribution in [3.63, 3.8) is 0 Å². The van der Waals surface area contributed by atoms with Crippen LogP contribution in [0.3, 0.4) is 0 Å². The van der Waals surface area contributed by atoms with Gasteiger partial charge in [0.25, 0.3) is 0 Å². The Balaban J connectivity index is 0.00000210. The topological polar surface area (TPSA) is 93.0 Å². The van der Waals surface area contributed by atoms with Crippen molar-refractivity contribution in [2.24, 2.45) is 5.92 Å². The molecule has 1 fully saturated rings. The first-order valence-electron chi connectivity index (χ1n) is 8.64. The largest absolute Gasteiger partial charge is 1.00 e. The number of nitrogens with one attached hydrogen (secondary N) is 1. The van der Waals surface area contributed by atoms with Crippen LogP contribution in [-0.2, 0) is 27.8 Å². The second-order valence-electron chi connectivity index (χ2n) is 7.09. The molecule has 0 spiro atoms. The van der Waals surface area contributed by atoms with E-state index in [9.17, 15) is 14.7 Å². The Morgan fingerprint density at radius 2 is 1.81 bits per heavy atom. The summed E-state index contributed by atoms with van der Waals surface area (Å²) >= 11 is 0. The number of carbonyl (C=O) groups excluding carboxylic acids is 2. The van der Waals surface area contributed by atoms with Crippen molar-refractivity contribution in [1.82, 2.24) is 5.32 Å². The van der Waals surface area contributed by atoms with Crippen molar-refractivity contribution < 1.29 is 44.3 Å². The maximum absolute atomic E-state index is 12.7. The molecule has 4 rings (SSSR count). The fraction of sp³-hybridized carbons (Fsp3) is 0.286. The van der Waals surface area contributed by atoms with Crippen molar-refractivity contribution in [1.29, 1.82) is 5.26 Å². The molecule has 0 saturated heterocycles. The zero-order valence-corrected chi connectivity index (χ0v) is 17.1.